The predicted octanol–water partition coefficient (Wildman–Crippen LogP) is 3.06. The Morgan fingerprint density at radius 2 is 1.64 bits per heavy atom. The predicted molar refractivity (Wildman–Crippen MR) is 95.5 cm³/mol. The minimum atomic E-state index is -3.55. The largest absolute Gasteiger partial charge is 0.458 e. The molecule has 0 fully saturated rings. The molecule has 0 aliphatic rings. The SMILES string of the molecule is CC(C)(C)OC(=O)COCCCCCOS(=O)(=O)Cc1ccccc1. The van der Waals surface area contributed by atoms with Crippen LogP contribution in [0.5, 0.6) is 0 Å². The van der Waals surface area contributed by atoms with Gasteiger partial charge in [0.1, 0.15) is 18.0 Å². The maximum absolute atomic E-state index is 11.8. The molecule has 1 aromatic rings. The van der Waals surface area contributed by atoms with Crippen molar-refractivity contribution >= 4 is 16.1 Å². The number of hydrogen-bond acceptors (Lipinski definition) is 6. The van der Waals surface area contributed by atoms with Crippen molar-refractivity contribution in [2.75, 3.05) is 19.8 Å². The first-order valence-corrected chi connectivity index (χ1v) is 9.96. The minimum Gasteiger partial charge on any atom is -0.458 e. The molecule has 1 rings (SSSR count). The van der Waals surface area contributed by atoms with Crippen LogP contribution in [0.4, 0.5) is 0 Å². The summed E-state index contributed by atoms with van der Waals surface area (Å²) >= 11 is 0. The van der Waals surface area contributed by atoms with E-state index in [9.17, 15) is 13.2 Å². The lowest BCUT2D eigenvalue weighted by atomic mass is 10.2. The molecule has 142 valence electrons. The summed E-state index contributed by atoms with van der Waals surface area (Å²) in [5, 5.41) is 0. The molecule has 25 heavy (non-hydrogen) atoms. The van der Waals surface area contributed by atoms with E-state index in [1.165, 1.54) is 0 Å². The van der Waals surface area contributed by atoms with Crippen LogP contribution >= 0.6 is 0 Å². The third-order valence-corrected chi connectivity index (χ3v) is 4.23. The molecule has 0 aliphatic heterocycles. The molecular formula is C18H28O6S. The molecule has 0 aliphatic carbocycles. The second kappa shape index (κ2) is 10.5. The van der Waals surface area contributed by atoms with E-state index in [0.717, 1.165) is 12.8 Å². The van der Waals surface area contributed by atoms with Gasteiger partial charge in [-0.2, -0.15) is 8.42 Å². The second-order valence-corrected chi connectivity index (χ2v) is 8.35. The summed E-state index contributed by atoms with van der Waals surface area (Å²) in [5.74, 6) is -0.504. The molecule has 1 aromatic carbocycles. The molecule has 0 amide bonds. The lowest BCUT2D eigenvalue weighted by molar-refractivity contribution is -0.160. The monoisotopic (exact) mass is 372 g/mol. The lowest BCUT2D eigenvalue weighted by Crippen LogP contribution is -2.26. The lowest BCUT2D eigenvalue weighted by Gasteiger charge is -2.19. The van der Waals surface area contributed by atoms with Gasteiger partial charge in [-0.3, -0.25) is 4.18 Å². The van der Waals surface area contributed by atoms with Gasteiger partial charge in [0.05, 0.1) is 6.61 Å². The van der Waals surface area contributed by atoms with Crippen molar-refractivity contribution < 1.29 is 26.9 Å². The first kappa shape index (κ1) is 21.6. The second-order valence-electron chi connectivity index (χ2n) is 6.71. The summed E-state index contributed by atoms with van der Waals surface area (Å²) in [6, 6.07) is 8.93. The molecule has 6 nitrogen and oxygen atoms in total. The van der Waals surface area contributed by atoms with Crippen LogP contribution in [-0.2, 0) is 34.3 Å². The van der Waals surface area contributed by atoms with Gasteiger partial charge in [0.15, 0.2) is 0 Å². The Morgan fingerprint density at radius 3 is 2.28 bits per heavy atom. The van der Waals surface area contributed by atoms with E-state index in [2.05, 4.69) is 0 Å². The van der Waals surface area contributed by atoms with Gasteiger partial charge < -0.3 is 9.47 Å². The van der Waals surface area contributed by atoms with Crippen molar-refractivity contribution in [1.29, 1.82) is 0 Å². The Hall–Kier alpha value is -1.44. The summed E-state index contributed by atoms with van der Waals surface area (Å²) in [7, 11) is -3.55. The van der Waals surface area contributed by atoms with Crippen LogP contribution in [0.2, 0.25) is 0 Å². The topological polar surface area (TPSA) is 78.9 Å². The molecule has 0 radical (unpaired) electrons. The van der Waals surface area contributed by atoms with Gasteiger partial charge in [0, 0.05) is 6.61 Å². The van der Waals surface area contributed by atoms with Crippen LogP contribution in [0.1, 0.15) is 45.6 Å². The number of ether oxygens (including phenoxy) is 2. The fourth-order valence-corrected chi connectivity index (χ4v) is 3.07. The number of carbonyl (C=O) groups excluding carboxylic acids is 1. The van der Waals surface area contributed by atoms with E-state index in [0.29, 0.717) is 18.6 Å². The maximum Gasteiger partial charge on any atom is 0.332 e. The van der Waals surface area contributed by atoms with E-state index in [1.807, 2.05) is 6.07 Å². The molecule has 0 bridgehead atoms. The van der Waals surface area contributed by atoms with Crippen molar-refractivity contribution in [1.82, 2.24) is 0 Å². The standard InChI is InChI=1S/C18H28O6S/c1-18(2,3)24-17(19)14-22-12-8-5-9-13-23-25(20,21)15-16-10-6-4-7-11-16/h4,6-7,10-11H,5,8-9,12-15H2,1-3H3. The number of benzene rings is 1. The molecule has 0 aromatic heterocycles. The van der Waals surface area contributed by atoms with Gasteiger partial charge in [0.25, 0.3) is 10.1 Å². The van der Waals surface area contributed by atoms with E-state index in [-0.39, 0.29) is 24.9 Å². The van der Waals surface area contributed by atoms with Gasteiger partial charge in [-0.05, 0) is 45.6 Å². The maximum atomic E-state index is 11.8. The van der Waals surface area contributed by atoms with Crippen molar-refractivity contribution in [3.05, 3.63) is 35.9 Å². The van der Waals surface area contributed by atoms with E-state index in [1.54, 1.807) is 45.0 Å². The minimum absolute atomic E-state index is 0.0702. The van der Waals surface area contributed by atoms with Crippen molar-refractivity contribution in [2.45, 2.75) is 51.4 Å². The fourth-order valence-electron chi connectivity index (χ4n) is 2.02. The molecule has 0 heterocycles. The van der Waals surface area contributed by atoms with Crippen LogP contribution in [-0.4, -0.2) is 39.8 Å². The summed E-state index contributed by atoms with van der Waals surface area (Å²) in [6.07, 6.45) is 2.10. The third-order valence-electron chi connectivity index (χ3n) is 3.02. The zero-order valence-electron chi connectivity index (χ0n) is 15.2. The Bertz CT molecular complexity index is 604. The van der Waals surface area contributed by atoms with E-state index >= 15 is 0 Å². The van der Waals surface area contributed by atoms with Crippen molar-refractivity contribution in [3.8, 4) is 0 Å². The van der Waals surface area contributed by atoms with Gasteiger partial charge in [-0.15, -0.1) is 0 Å². The normalized spacial score (nSPS) is 12.1. The average Bonchev–Trinajstić information content (AvgIpc) is 2.48. The van der Waals surface area contributed by atoms with Gasteiger partial charge in [-0.25, -0.2) is 4.79 Å². The van der Waals surface area contributed by atoms with Crippen molar-refractivity contribution in [2.24, 2.45) is 0 Å². The number of esters is 1. The molecule has 0 unspecified atom stereocenters. The highest BCUT2D eigenvalue weighted by molar-refractivity contribution is 7.85. The Labute approximate surface area is 150 Å². The zero-order valence-corrected chi connectivity index (χ0v) is 16.0. The first-order valence-electron chi connectivity index (χ1n) is 8.38. The number of unbranched alkanes of at least 4 members (excludes halogenated alkanes) is 2. The Balaban J connectivity index is 2.05. The fraction of sp³-hybridized carbons (Fsp3) is 0.611. The van der Waals surface area contributed by atoms with Crippen LogP contribution in [0.15, 0.2) is 30.3 Å². The van der Waals surface area contributed by atoms with Crippen LogP contribution in [0.25, 0.3) is 0 Å². The molecular weight excluding hydrogens is 344 g/mol. The molecule has 0 saturated heterocycles. The van der Waals surface area contributed by atoms with Crippen molar-refractivity contribution in [3.63, 3.8) is 0 Å². The van der Waals surface area contributed by atoms with E-state index < -0.39 is 15.7 Å². The number of hydrogen-bond donors (Lipinski definition) is 0. The van der Waals surface area contributed by atoms with Gasteiger partial charge in [0.2, 0.25) is 0 Å². The average molecular weight is 372 g/mol. The highest BCUT2D eigenvalue weighted by atomic mass is 32.2. The van der Waals surface area contributed by atoms with Gasteiger partial charge >= 0.3 is 5.97 Å². The Kier molecular flexibility index (Phi) is 9.10. The van der Waals surface area contributed by atoms with Gasteiger partial charge in [-0.1, -0.05) is 30.3 Å². The molecule has 0 saturated carbocycles. The van der Waals surface area contributed by atoms with Crippen LogP contribution < -0.4 is 0 Å². The summed E-state index contributed by atoms with van der Waals surface area (Å²) < 4.78 is 39.0. The van der Waals surface area contributed by atoms with E-state index in [4.69, 9.17) is 13.7 Å². The molecule has 0 spiro atoms. The summed E-state index contributed by atoms with van der Waals surface area (Å²) in [6.45, 7) is 5.92. The summed E-state index contributed by atoms with van der Waals surface area (Å²) in [4.78, 5) is 11.4. The Morgan fingerprint density at radius 1 is 1.00 bits per heavy atom. The third kappa shape index (κ3) is 11.7. The quantitative estimate of drug-likeness (QED) is 0.337. The molecule has 0 N–H and O–H groups in total. The summed E-state index contributed by atoms with van der Waals surface area (Å²) in [5.41, 5.74) is 0.196. The zero-order chi connectivity index (χ0) is 18.8. The van der Waals surface area contributed by atoms with Crippen LogP contribution in [0.3, 0.4) is 0 Å². The highest BCUT2D eigenvalue weighted by Gasteiger charge is 2.16. The number of rotatable bonds is 11. The number of carbonyl (C=O) groups is 1. The molecule has 0 atom stereocenters. The first-order chi connectivity index (χ1) is 11.7. The smallest absolute Gasteiger partial charge is 0.332 e. The van der Waals surface area contributed by atoms with Crippen LogP contribution in [0, 0.1) is 0 Å². The highest BCUT2D eigenvalue weighted by Crippen LogP contribution is 2.09. The molecule has 7 heteroatoms.